The van der Waals surface area contributed by atoms with E-state index in [-0.39, 0.29) is 6.54 Å². The van der Waals surface area contributed by atoms with Crippen LogP contribution < -0.4 is 10.6 Å². The number of aryl methyl sites for hydroxylation is 2. The number of hydrogen-bond donors (Lipinski definition) is 2. The first kappa shape index (κ1) is 15.5. The maximum Gasteiger partial charge on any atom is 0.401 e. The molecule has 0 bridgehead atoms. The quantitative estimate of drug-likeness (QED) is 0.866. The van der Waals surface area contributed by atoms with Gasteiger partial charge in [0.2, 0.25) is 5.91 Å². The van der Waals surface area contributed by atoms with Crippen molar-refractivity contribution in [3.05, 3.63) is 29.3 Å². The van der Waals surface area contributed by atoms with E-state index >= 15 is 0 Å². The van der Waals surface area contributed by atoms with Crippen molar-refractivity contribution in [2.45, 2.75) is 26.4 Å². The summed E-state index contributed by atoms with van der Waals surface area (Å²) in [4.78, 5) is 11.6. The predicted molar refractivity (Wildman–Crippen MR) is 68.1 cm³/mol. The van der Waals surface area contributed by atoms with Gasteiger partial charge in [0.25, 0.3) is 0 Å². The van der Waals surface area contributed by atoms with Crippen LogP contribution in [0.25, 0.3) is 0 Å². The third kappa shape index (κ3) is 5.30. The summed E-state index contributed by atoms with van der Waals surface area (Å²) in [7, 11) is 0. The van der Waals surface area contributed by atoms with E-state index in [1.807, 2.05) is 32.0 Å². The Balaban J connectivity index is 2.58. The van der Waals surface area contributed by atoms with Gasteiger partial charge in [0.1, 0.15) is 0 Å². The maximum atomic E-state index is 11.9. The highest BCUT2D eigenvalue weighted by atomic mass is 19.4. The van der Waals surface area contributed by atoms with Gasteiger partial charge in [-0.25, -0.2) is 0 Å². The average Bonchev–Trinajstić information content (AvgIpc) is 2.30. The number of anilines is 1. The van der Waals surface area contributed by atoms with Crippen LogP contribution in [0, 0.1) is 6.92 Å². The maximum absolute atomic E-state index is 11.9. The second kappa shape index (κ2) is 6.56. The zero-order valence-electron chi connectivity index (χ0n) is 10.9. The molecule has 0 aromatic heterocycles. The van der Waals surface area contributed by atoms with Gasteiger partial charge in [0.05, 0.1) is 13.1 Å². The minimum Gasteiger partial charge on any atom is -0.324 e. The molecule has 1 aromatic rings. The average molecular weight is 274 g/mol. The van der Waals surface area contributed by atoms with Crippen molar-refractivity contribution in [2.75, 3.05) is 18.4 Å². The van der Waals surface area contributed by atoms with E-state index in [1.54, 1.807) is 0 Å². The lowest BCUT2D eigenvalue weighted by Gasteiger charge is -2.13. The molecule has 0 saturated carbocycles. The Kier molecular flexibility index (Phi) is 5.35. The number of benzene rings is 1. The first-order chi connectivity index (χ1) is 8.83. The number of carbonyl (C=O) groups is 1. The SMILES string of the molecule is CCc1cccc(C)c1NC(=O)CNCC(F)(F)F. The lowest BCUT2D eigenvalue weighted by molar-refractivity contribution is -0.126. The van der Waals surface area contributed by atoms with Gasteiger partial charge in [0.15, 0.2) is 0 Å². The Bertz CT molecular complexity index is 444. The Morgan fingerprint density at radius 3 is 2.58 bits per heavy atom. The summed E-state index contributed by atoms with van der Waals surface area (Å²) in [6.07, 6.45) is -3.56. The normalized spacial score (nSPS) is 11.4. The largest absolute Gasteiger partial charge is 0.401 e. The molecule has 0 heterocycles. The van der Waals surface area contributed by atoms with E-state index in [0.717, 1.165) is 17.5 Å². The summed E-state index contributed by atoms with van der Waals surface area (Å²) in [5.74, 6) is -0.478. The van der Waals surface area contributed by atoms with Crippen molar-refractivity contribution in [2.24, 2.45) is 0 Å². The van der Waals surface area contributed by atoms with Gasteiger partial charge in [-0.3, -0.25) is 4.79 Å². The van der Waals surface area contributed by atoms with Crippen molar-refractivity contribution in [1.29, 1.82) is 0 Å². The van der Waals surface area contributed by atoms with Crippen molar-refractivity contribution in [1.82, 2.24) is 5.32 Å². The number of alkyl halides is 3. The van der Waals surface area contributed by atoms with E-state index in [2.05, 4.69) is 10.6 Å². The van der Waals surface area contributed by atoms with Crippen LogP contribution in [-0.4, -0.2) is 25.2 Å². The number of nitrogens with one attached hydrogen (secondary N) is 2. The number of hydrogen-bond acceptors (Lipinski definition) is 2. The van der Waals surface area contributed by atoms with Crippen LogP contribution in [0.15, 0.2) is 18.2 Å². The second-order valence-corrected chi connectivity index (χ2v) is 4.23. The van der Waals surface area contributed by atoms with E-state index < -0.39 is 18.6 Å². The lowest BCUT2D eigenvalue weighted by atomic mass is 10.1. The number of halogens is 3. The van der Waals surface area contributed by atoms with Crippen molar-refractivity contribution >= 4 is 11.6 Å². The van der Waals surface area contributed by atoms with Crippen LogP contribution in [0.4, 0.5) is 18.9 Å². The number of carbonyl (C=O) groups excluding carboxylic acids is 1. The summed E-state index contributed by atoms with van der Waals surface area (Å²) in [6.45, 7) is 2.26. The smallest absolute Gasteiger partial charge is 0.324 e. The summed E-state index contributed by atoms with van der Waals surface area (Å²) in [5.41, 5.74) is 2.54. The van der Waals surface area contributed by atoms with Crippen molar-refractivity contribution < 1.29 is 18.0 Å². The number of amides is 1. The number of para-hydroxylation sites is 1. The Hall–Kier alpha value is -1.56. The molecule has 0 aliphatic carbocycles. The van der Waals surface area contributed by atoms with Crippen molar-refractivity contribution in [3.63, 3.8) is 0 Å². The molecule has 0 atom stereocenters. The third-order valence-electron chi connectivity index (χ3n) is 2.62. The van der Waals surface area contributed by atoms with Crippen LogP contribution in [0.3, 0.4) is 0 Å². The third-order valence-corrected chi connectivity index (χ3v) is 2.62. The molecule has 1 rings (SSSR count). The van der Waals surface area contributed by atoms with Gasteiger partial charge in [0, 0.05) is 5.69 Å². The van der Waals surface area contributed by atoms with E-state index in [0.29, 0.717) is 5.69 Å². The molecule has 2 N–H and O–H groups in total. The summed E-state index contributed by atoms with van der Waals surface area (Å²) in [5, 5.41) is 4.71. The molecule has 1 aromatic carbocycles. The Morgan fingerprint density at radius 1 is 1.32 bits per heavy atom. The molecule has 0 aliphatic rings. The second-order valence-electron chi connectivity index (χ2n) is 4.23. The molecule has 3 nitrogen and oxygen atoms in total. The topological polar surface area (TPSA) is 41.1 Å². The minimum atomic E-state index is -4.31. The molecule has 106 valence electrons. The summed E-state index contributed by atoms with van der Waals surface area (Å²) >= 11 is 0. The van der Waals surface area contributed by atoms with E-state index in [1.165, 1.54) is 0 Å². The molecule has 0 fully saturated rings. The molecule has 0 unspecified atom stereocenters. The molecule has 6 heteroatoms. The zero-order chi connectivity index (χ0) is 14.5. The first-order valence-corrected chi connectivity index (χ1v) is 5.99. The standard InChI is InChI=1S/C13H17F3N2O/c1-3-10-6-4-5-9(2)12(10)18-11(19)7-17-8-13(14,15)16/h4-6,17H,3,7-8H2,1-2H3,(H,18,19). The van der Waals surface area contributed by atoms with Crippen LogP contribution in [-0.2, 0) is 11.2 Å². The molecular weight excluding hydrogens is 257 g/mol. The fourth-order valence-electron chi connectivity index (χ4n) is 1.70. The Morgan fingerprint density at radius 2 is 2.00 bits per heavy atom. The molecule has 1 amide bonds. The van der Waals surface area contributed by atoms with Crippen LogP contribution in [0.2, 0.25) is 0 Å². The fourth-order valence-corrected chi connectivity index (χ4v) is 1.70. The minimum absolute atomic E-state index is 0.364. The highest BCUT2D eigenvalue weighted by molar-refractivity contribution is 5.93. The van der Waals surface area contributed by atoms with Crippen LogP contribution in [0.1, 0.15) is 18.1 Å². The van der Waals surface area contributed by atoms with E-state index in [9.17, 15) is 18.0 Å². The number of rotatable bonds is 5. The van der Waals surface area contributed by atoms with Crippen molar-refractivity contribution in [3.8, 4) is 0 Å². The molecule has 0 saturated heterocycles. The highest BCUT2D eigenvalue weighted by Gasteiger charge is 2.26. The van der Waals surface area contributed by atoms with Crippen LogP contribution in [0.5, 0.6) is 0 Å². The zero-order valence-corrected chi connectivity index (χ0v) is 10.9. The van der Waals surface area contributed by atoms with Gasteiger partial charge < -0.3 is 10.6 Å². The van der Waals surface area contributed by atoms with Gasteiger partial charge in [-0.05, 0) is 24.5 Å². The van der Waals surface area contributed by atoms with Gasteiger partial charge in [-0.2, -0.15) is 13.2 Å². The summed E-state index contributed by atoms with van der Waals surface area (Å²) < 4.78 is 35.8. The molecule has 0 aliphatic heterocycles. The molecule has 0 radical (unpaired) electrons. The first-order valence-electron chi connectivity index (χ1n) is 5.99. The molecule has 0 spiro atoms. The Labute approximate surface area is 110 Å². The summed E-state index contributed by atoms with van der Waals surface area (Å²) in [6, 6.07) is 5.61. The molecular formula is C13H17F3N2O. The monoisotopic (exact) mass is 274 g/mol. The van der Waals surface area contributed by atoms with Crippen LogP contribution >= 0.6 is 0 Å². The fraction of sp³-hybridized carbons (Fsp3) is 0.462. The molecule has 19 heavy (non-hydrogen) atoms. The highest BCUT2D eigenvalue weighted by Crippen LogP contribution is 2.20. The van der Waals surface area contributed by atoms with Gasteiger partial charge in [-0.1, -0.05) is 25.1 Å². The lowest BCUT2D eigenvalue weighted by Crippen LogP contribution is -2.35. The van der Waals surface area contributed by atoms with Gasteiger partial charge in [-0.15, -0.1) is 0 Å². The predicted octanol–water partition coefficient (Wildman–Crippen LogP) is 2.65. The van der Waals surface area contributed by atoms with E-state index in [4.69, 9.17) is 0 Å². The van der Waals surface area contributed by atoms with Gasteiger partial charge >= 0.3 is 6.18 Å².